The molecule has 152 valence electrons. The molecule has 0 amide bonds. The van der Waals surface area contributed by atoms with Crippen molar-refractivity contribution in [1.29, 1.82) is 0 Å². The summed E-state index contributed by atoms with van der Waals surface area (Å²) in [5.41, 5.74) is 1.15. The minimum absolute atomic E-state index is 0.524. The third-order valence-corrected chi connectivity index (χ3v) is 5.08. The number of aryl methyl sites for hydroxylation is 2. The van der Waals surface area contributed by atoms with Gasteiger partial charge < -0.3 is 15.2 Å². The van der Waals surface area contributed by atoms with E-state index in [9.17, 15) is 0 Å². The van der Waals surface area contributed by atoms with Gasteiger partial charge in [0.05, 0.1) is 0 Å². The van der Waals surface area contributed by atoms with Crippen LogP contribution in [0.3, 0.4) is 0 Å². The number of halogens is 1. The van der Waals surface area contributed by atoms with Gasteiger partial charge in [0.1, 0.15) is 16.8 Å². The van der Waals surface area contributed by atoms with Crippen LogP contribution in [0.5, 0.6) is 0 Å². The number of guanidine groups is 1. The minimum Gasteiger partial charge on any atom is -0.357 e. The molecule has 0 atom stereocenters. The Balaban J connectivity index is 1.44. The van der Waals surface area contributed by atoms with Crippen molar-refractivity contribution in [2.75, 3.05) is 19.6 Å². The molecule has 3 rings (SSSR count). The van der Waals surface area contributed by atoms with E-state index >= 15 is 0 Å². The molecule has 0 aromatic carbocycles. The van der Waals surface area contributed by atoms with E-state index in [0.717, 1.165) is 75.0 Å². The number of aliphatic imine (C=N–C) groups is 1. The predicted octanol–water partition coefficient (Wildman–Crippen LogP) is 2.78. The lowest BCUT2D eigenvalue weighted by Crippen LogP contribution is -2.38. The van der Waals surface area contributed by atoms with Gasteiger partial charge in [0, 0.05) is 45.2 Å². The molecule has 0 fully saturated rings. The summed E-state index contributed by atoms with van der Waals surface area (Å²) in [6.45, 7) is 5.54. The summed E-state index contributed by atoms with van der Waals surface area (Å²) in [6.07, 6.45) is 9.39. The number of nitrogens with one attached hydrogen (secondary N) is 2. The maximum Gasteiger partial charge on any atom is 0.191 e. The lowest BCUT2D eigenvalue weighted by atomic mass is 10.2. The molecular formula is C20H30ClN7. The zero-order valence-corrected chi connectivity index (χ0v) is 17.4. The van der Waals surface area contributed by atoms with Crippen molar-refractivity contribution in [3.8, 4) is 0 Å². The number of pyridine rings is 1. The van der Waals surface area contributed by atoms with E-state index in [1.54, 1.807) is 0 Å². The molecule has 0 saturated carbocycles. The van der Waals surface area contributed by atoms with Gasteiger partial charge in [-0.1, -0.05) is 24.1 Å². The van der Waals surface area contributed by atoms with Crippen LogP contribution in [0.15, 0.2) is 23.3 Å². The molecule has 3 heterocycles. The zero-order valence-electron chi connectivity index (χ0n) is 16.6. The number of hydrogen-bond donors (Lipinski definition) is 2. The molecular weight excluding hydrogens is 374 g/mol. The SMILES string of the molecule is CCNC(=NCCCc1nnc2n1CCCCC2)NCCc1ccc(Cl)nc1. The van der Waals surface area contributed by atoms with Crippen LogP contribution in [0.1, 0.15) is 49.8 Å². The van der Waals surface area contributed by atoms with E-state index in [4.69, 9.17) is 11.6 Å². The van der Waals surface area contributed by atoms with Gasteiger partial charge in [0.25, 0.3) is 0 Å². The van der Waals surface area contributed by atoms with Crippen molar-refractivity contribution < 1.29 is 0 Å². The summed E-state index contributed by atoms with van der Waals surface area (Å²) in [4.78, 5) is 8.80. The van der Waals surface area contributed by atoms with E-state index in [-0.39, 0.29) is 0 Å². The van der Waals surface area contributed by atoms with Crippen molar-refractivity contribution in [2.24, 2.45) is 4.99 Å². The number of rotatable bonds is 8. The Morgan fingerprint density at radius 3 is 2.93 bits per heavy atom. The topological polar surface area (TPSA) is 80.0 Å². The highest BCUT2D eigenvalue weighted by atomic mass is 35.5. The Morgan fingerprint density at radius 2 is 2.11 bits per heavy atom. The fourth-order valence-corrected chi connectivity index (χ4v) is 3.49. The van der Waals surface area contributed by atoms with Crippen molar-refractivity contribution >= 4 is 17.6 Å². The van der Waals surface area contributed by atoms with Gasteiger partial charge in [-0.2, -0.15) is 0 Å². The second-order valence-corrected chi connectivity index (χ2v) is 7.41. The van der Waals surface area contributed by atoms with Gasteiger partial charge in [0.15, 0.2) is 5.96 Å². The van der Waals surface area contributed by atoms with Crippen molar-refractivity contribution in [2.45, 2.75) is 58.4 Å². The first kappa shape index (κ1) is 20.6. The number of aromatic nitrogens is 4. The highest BCUT2D eigenvalue weighted by molar-refractivity contribution is 6.29. The first-order chi connectivity index (χ1) is 13.8. The quantitative estimate of drug-likeness (QED) is 0.306. The van der Waals surface area contributed by atoms with Gasteiger partial charge >= 0.3 is 0 Å². The van der Waals surface area contributed by atoms with Crippen LogP contribution in [0.4, 0.5) is 0 Å². The fraction of sp³-hybridized carbons (Fsp3) is 0.600. The largest absolute Gasteiger partial charge is 0.357 e. The van der Waals surface area contributed by atoms with Crippen LogP contribution in [0.2, 0.25) is 5.15 Å². The molecule has 2 N–H and O–H groups in total. The van der Waals surface area contributed by atoms with E-state index < -0.39 is 0 Å². The second-order valence-electron chi connectivity index (χ2n) is 7.02. The summed E-state index contributed by atoms with van der Waals surface area (Å²) >= 11 is 5.83. The van der Waals surface area contributed by atoms with Gasteiger partial charge in [-0.25, -0.2) is 4.98 Å². The predicted molar refractivity (Wildman–Crippen MR) is 113 cm³/mol. The molecule has 8 heteroatoms. The van der Waals surface area contributed by atoms with Gasteiger partial charge in [-0.15, -0.1) is 10.2 Å². The van der Waals surface area contributed by atoms with Crippen LogP contribution in [0, 0.1) is 0 Å². The smallest absolute Gasteiger partial charge is 0.191 e. The summed E-state index contributed by atoms with van der Waals surface area (Å²) in [7, 11) is 0. The Morgan fingerprint density at radius 1 is 1.18 bits per heavy atom. The molecule has 0 radical (unpaired) electrons. The fourth-order valence-electron chi connectivity index (χ4n) is 3.38. The maximum atomic E-state index is 5.83. The van der Waals surface area contributed by atoms with E-state index in [0.29, 0.717) is 5.15 Å². The van der Waals surface area contributed by atoms with E-state index in [1.165, 1.54) is 19.3 Å². The Bertz CT molecular complexity index is 754. The van der Waals surface area contributed by atoms with Gasteiger partial charge in [-0.05, 0) is 44.2 Å². The van der Waals surface area contributed by atoms with E-state index in [1.807, 2.05) is 18.3 Å². The molecule has 0 aliphatic carbocycles. The van der Waals surface area contributed by atoms with Crippen molar-refractivity contribution in [3.05, 3.63) is 40.7 Å². The highest BCUT2D eigenvalue weighted by Gasteiger charge is 2.14. The summed E-state index contributed by atoms with van der Waals surface area (Å²) in [5, 5.41) is 16.0. The van der Waals surface area contributed by atoms with Crippen LogP contribution >= 0.6 is 11.6 Å². The third-order valence-electron chi connectivity index (χ3n) is 4.85. The standard InChI is InChI=1S/C20H30ClN7/c1-2-22-20(24-13-11-16-9-10-17(21)25-15-16)23-12-6-8-19-27-26-18-7-4-3-5-14-28(18)19/h9-10,15H,2-8,11-14H2,1H3,(H2,22,23,24). The molecule has 1 aliphatic heterocycles. The third kappa shape index (κ3) is 6.19. The zero-order chi connectivity index (χ0) is 19.6. The second kappa shape index (κ2) is 11.0. The van der Waals surface area contributed by atoms with Crippen molar-refractivity contribution in [1.82, 2.24) is 30.4 Å². The Hall–Kier alpha value is -2.15. The van der Waals surface area contributed by atoms with Crippen molar-refractivity contribution in [3.63, 3.8) is 0 Å². The number of fused-ring (bicyclic) bond motifs is 1. The molecule has 2 aromatic heterocycles. The van der Waals surface area contributed by atoms with Gasteiger partial charge in [0.2, 0.25) is 0 Å². The lowest BCUT2D eigenvalue weighted by Gasteiger charge is -2.11. The van der Waals surface area contributed by atoms with Crippen LogP contribution < -0.4 is 10.6 Å². The minimum atomic E-state index is 0.524. The molecule has 28 heavy (non-hydrogen) atoms. The molecule has 7 nitrogen and oxygen atoms in total. The Kier molecular flexibility index (Phi) is 8.08. The molecule has 0 unspecified atom stereocenters. The van der Waals surface area contributed by atoms with E-state index in [2.05, 4.69) is 42.3 Å². The summed E-state index contributed by atoms with van der Waals surface area (Å²) < 4.78 is 2.32. The molecule has 0 spiro atoms. The summed E-state index contributed by atoms with van der Waals surface area (Å²) in [6, 6.07) is 3.82. The average molecular weight is 404 g/mol. The van der Waals surface area contributed by atoms with Gasteiger partial charge in [-0.3, -0.25) is 4.99 Å². The molecule has 0 bridgehead atoms. The Labute approximate surface area is 172 Å². The monoisotopic (exact) mass is 403 g/mol. The maximum absolute atomic E-state index is 5.83. The lowest BCUT2D eigenvalue weighted by molar-refractivity contribution is 0.597. The van der Waals surface area contributed by atoms with Crippen LogP contribution in [0.25, 0.3) is 0 Å². The highest BCUT2D eigenvalue weighted by Crippen LogP contribution is 2.15. The number of hydrogen-bond acceptors (Lipinski definition) is 4. The first-order valence-electron chi connectivity index (χ1n) is 10.3. The van der Waals surface area contributed by atoms with Crippen LogP contribution in [-0.2, 0) is 25.8 Å². The normalized spacial score (nSPS) is 14.4. The molecule has 1 aliphatic rings. The first-order valence-corrected chi connectivity index (χ1v) is 10.7. The number of nitrogens with zero attached hydrogens (tertiary/aromatic N) is 5. The summed E-state index contributed by atoms with van der Waals surface area (Å²) in [5.74, 6) is 3.12. The average Bonchev–Trinajstić information content (AvgIpc) is 2.93. The molecule has 0 saturated heterocycles. The molecule has 2 aromatic rings. The van der Waals surface area contributed by atoms with Crippen LogP contribution in [-0.4, -0.2) is 45.3 Å².